The molecule has 0 spiro atoms. The average molecular weight is 303 g/mol. The SMILES string of the molecule is O=c1n(CCSCc2cccc(F)c2)nc2ccccn12. The van der Waals surface area contributed by atoms with Crippen molar-refractivity contribution in [3.63, 3.8) is 0 Å². The van der Waals surface area contributed by atoms with Crippen molar-refractivity contribution < 1.29 is 4.39 Å². The second-order valence-corrected chi connectivity index (χ2v) is 5.72. The molecule has 3 rings (SSSR count). The molecule has 0 fully saturated rings. The first-order valence-corrected chi connectivity index (χ1v) is 7.76. The minimum absolute atomic E-state index is 0.128. The number of aryl methyl sites for hydroxylation is 1. The van der Waals surface area contributed by atoms with Crippen LogP contribution in [0.3, 0.4) is 0 Å². The van der Waals surface area contributed by atoms with E-state index in [0.717, 1.165) is 17.1 Å². The van der Waals surface area contributed by atoms with Crippen LogP contribution in [0.25, 0.3) is 5.65 Å². The molecule has 21 heavy (non-hydrogen) atoms. The third-order valence-corrected chi connectivity index (χ3v) is 4.10. The predicted molar refractivity (Wildman–Crippen MR) is 82.0 cm³/mol. The molecule has 6 heteroatoms. The molecule has 4 nitrogen and oxygen atoms in total. The quantitative estimate of drug-likeness (QED) is 0.680. The van der Waals surface area contributed by atoms with Gasteiger partial charge in [-0.2, -0.15) is 11.8 Å². The molecule has 0 aliphatic carbocycles. The molecule has 0 saturated heterocycles. The van der Waals surface area contributed by atoms with E-state index in [1.807, 2.05) is 12.1 Å². The summed E-state index contributed by atoms with van der Waals surface area (Å²) in [7, 11) is 0. The summed E-state index contributed by atoms with van der Waals surface area (Å²) in [5, 5.41) is 4.26. The fourth-order valence-corrected chi connectivity index (χ4v) is 2.94. The topological polar surface area (TPSA) is 39.3 Å². The van der Waals surface area contributed by atoms with E-state index in [9.17, 15) is 9.18 Å². The third-order valence-electron chi connectivity index (χ3n) is 3.09. The molecular formula is C15H14FN3OS. The fraction of sp³-hybridized carbons (Fsp3) is 0.200. The largest absolute Gasteiger partial charge is 0.350 e. The highest BCUT2D eigenvalue weighted by Crippen LogP contribution is 2.13. The first-order chi connectivity index (χ1) is 10.2. The van der Waals surface area contributed by atoms with Gasteiger partial charge in [-0.05, 0) is 29.8 Å². The van der Waals surface area contributed by atoms with Gasteiger partial charge in [0.05, 0.1) is 6.54 Å². The Balaban J connectivity index is 1.60. The highest BCUT2D eigenvalue weighted by Gasteiger charge is 2.05. The normalized spacial score (nSPS) is 11.1. The first-order valence-electron chi connectivity index (χ1n) is 6.60. The summed E-state index contributed by atoms with van der Waals surface area (Å²) in [4.78, 5) is 12.0. The third kappa shape index (κ3) is 3.16. The lowest BCUT2D eigenvalue weighted by molar-refractivity contribution is 0.626. The van der Waals surface area contributed by atoms with Crippen LogP contribution in [0.15, 0.2) is 53.5 Å². The summed E-state index contributed by atoms with van der Waals surface area (Å²) < 4.78 is 16.0. The Labute approximate surface area is 125 Å². The number of benzene rings is 1. The van der Waals surface area contributed by atoms with E-state index in [0.29, 0.717) is 12.2 Å². The number of aromatic nitrogens is 3. The van der Waals surface area contributed by atoms with Gasteiger partial charge in [0.1, 0.15) is 5.82 Å². The smallest absolute Gasteiger partial charge is 0.250 e. The number of thioether (sulfide) groups is 1. The Morgan fingerprint density at radius 3 is 2.90 bits per heavy atom. The molecule has 1 aromatic carbocycles. The van der Waals surface area contributed by atoms with E-state index >= 15 is 0 Å². The van der Waals surface area contributed by atoms with Gasteiger partial charge in [0.25, 0.3) is 0 Å². The first kappa shape index (κ1) is 13.9. The second-order valence-electron chi connectivity index (χ2n) is 4.62. The van der Waals surface area contributed by atoms with Crippen molar-refractivity contribution >= 4 is 17.4 Å². The van der Waals surface area contributed by atoms with Gasteiger partial charge in [0.2, 0.25) is 0 Å². The van der Waals surface area contributed by atoms with Crippen LogP contribution in [0, 0.1) is 5.82 Å². The molecule has 0 amide bonds. The zero-order valence-electron chi connectivity index (χ0n) is 11.3. The molecule has 0 unspecified atom stereocenters. The molecular weight excluding hydrogens is 289 g/mol. The summed E-state index contributed by atoms with van der Waals surface area (Å²) in [5.41, 5.74) is 1.47. The number of halogens is 1. The second kappa shape index (κ2) is 6.13. The van der Waals surface area contributed by atoms with E-state index in [1.54, 1.807) is 36.2 Å². The van der Waals surface area contributed by atoms with Crippen LogP contribution in [0.2, 0.25) is 0 Å². The zero-order valence-corrected chi connectivity index (χ0v) is 12.1. The molecule has 0 bridgehead atoms. The predicted octanol–water partition coefficient (Wildman–Crippen LogP) is 2.57. The zero-order chi connectivity index (χ0) is 14.7. The maximum absolute atomic E-state index is 13.0. The van der Waals surface area contributed by atoms with E-state index in [1.165, 1.54) is 21.2 Å². The van der Waals surface area contributed by atoms with Gasteiger partial charge in [-0.25, -0.2) is 13.9 Å². The van der Waals surface area contributed by atoms with Gasteiger partial charge in [-0.15, -0.1) is 5.10 Å². The van der Waals surface area contributed by atoms with Crippen LogP contribution in [-0.2, 0) is 12.3 Å². The number of hydrogen-bond acceptors (Lipinski definition) is 3. The molecule has 0 saturated carbocycles. The van der Waals surface area contributed by atoms with E-state index in [-0.39, 0.29) is 11.5 Å². The minimum Gasteiger partial charge on any atom is -0.250 e. The molecule has 108 valence electrons. The van der Waals surface area contributed by atoms with Crippen molar-refractivity contribution in [1.82, 2.24) is 14.2 Å². The molecule has 0 aliphatic heterocycles. The molecule has 0 N–H and O–H groups in total. The van der Waals surface area contributed by atoms with Gasteiger partial charge in [0.15, 0.2) is 5.65 Å². The summed E-state index contributed by atoms with van der Waals surface area (Å²) in [6.07, 6.45) is 1.71. The Morgan fingerprint density at radius 2 is 2.10 bits per heavy atom. The molecule has 0 aliphatic rings. The van der Waals surface area contributed by atoms with Gasteiger partial charge in [-0.3, -0.25) is 4.40 Å². The Kier molecular flexibility index (Phi) is 4.06. The van der Waals surface area contributed by atoms with Gasteiger partial charge in [-0.1, -0.05) is 18.2 Å². The fourth-order valence-electron chi connectivity index (χ4n) is 2.08. The van der Waals surface area contributed by atoms with Gasteiger partial charge in [0, 0.05) is 17.7 Å². The van der Waals surface area contributed by atoms with Crippen molar-refractivity contribution in [2.75, 3.05) is 5.75 Å². The number of fused-ring (bicyclic) bond motifs is 1. The maximum atomic E-state index is 13.0. The van der Waals surface area contributed by atoms with E-state index < -0.39 is 0 Å². The molecule has 0 atom stereocenters. The highest BCUT2D eigenvalue weighted by atomic mass is 32.2. The van der Waals surface area contributed by atoms with Gasteiger partial charge < -0.3 is 0 Å². The van der Waals surface area contributed by atoms with Crippen molar-refractivity contribution in [1.29, 1.82) is 0 Å². The van der Waals surface area contributed by atoms with Crippen LogP contribution >= 0.6 is 11.8 Å². The van der Waals surface area contributed by atoms with Crippen LogP contribution < -0.4 is 5.69 Å². The summed E-state index contributed by atoms with van der Waals surface area (Å²) >= 11 is 1.65. The Morgan fingerprint density at radius 1 is 1.19 bits per heavy atom. The summed E-state index contributed by atoms with van der Waals surface area (Å²) in [6.45, 7) is 0.542. The lowest BCUT2D eigenvalue weighted by Crippen LogP contribution is -2.22. The summed E-state index contributed by atoms with van der Waals surface area (Å²) in [6, 6.07) is 12.0. The van der Waals surface area contributed by atoms with Crippen molar-refractivity contribution in [2.24, 2.45) is 0 Å². The standard InChI is InChI=1S/C15H14FN3OS/c16-13-5-3-4-12(10-13)11-21-9-8-19-15(20)18-7-2-1-6-14(18)17-19/h1-7,10H,8-9,11H2. The monoisotopic (exact) mass is 303 g/mol. The van der Waals surface area contributed by atoms with Crippen LogP contribution in [0.4, 0.5) is 4.39 Å². The van der Waals surface area contributed by atoms with Gasteiger partial charge >= 0.3 is 5.69 Å². The number of hydrogen-bond donors (Lipinski definition) is 0. The Bertz CT molecular complexity index is 812. The van der Waals surface area contributed by atoms with Crippen LogP contribution in [-0.4, -0.2) is 19.9 Å². The number of nitrogens with zero attached hydrogens (tertiary/aromatic N) is 3. The molecule has 0 radical (unpaired) electrons. The lowest BCUT2D eigenvalue weighted by Gasteiger charge is -2.02. The number of rotatable bonds is 5. The van der Waals surface area contributed by atoms with Crippen LogP contribution in [0.1, 0.15) is 5.56 Å². The molecule has 2 heterocycles. The molecule has 3 aromatic rings. The highest BCUT2D eigenvalue weighted by molar-refractivity contribution is 7.98. The molecule has 2 aromatic heterocycles. The van der Waals surface area contributed by atoms with E-state index in [2.05, 4.69) is 5.10 Å². The Hall–Kier alpha value is -2.08. The van der Waals surface area contributed by atoms with E-state index in [4.69, 9.17) is 0 Å². The minimum atomic E-state index is -0.218. The summed E-state index contributed by atoms with van der Waals surface area (Å²) in [5.74, 6) is 1.25. The van der Waals surface area contributed by atoms with Crippen molar-refractivity contribution in [3.05, 3.63) is 70.5 Å². The lowest BCUT2D eigenvalue weighted by atomic mass is 10.2. The van der Waals surface area contributed by atoms with Crippen molar-refractivity contribution in [3.8, 4) is 0 Å². The van der Waals surface area contributed by atoms with Crippen molar-refractivity contribution in [2.45, 2.75) is 12.3 Å². The average Bonchev–Trinajstić information content (AvgIpc) is 2.81. The van der Waals surface area contributed by atoms with Crippen LogP contribution in [0.5, 0.6) is 0 Å². The maximum Gasteiger partial charge on any atom is 0.350 e. The number of pyridine rings is 1.